The second kappa shape index (κ2) is 10.1. The van der Waals surface area contributed by atoms with Crippen molar-refractivity contribution < 1.29 is 9.59 Å². The number of nitrogens with zero attached hydrogens (tertiary/aromatic N) is 2. The Kier molecular flexibility index (Phi) is 6.80. The van der Waals surface area contributed by atoms with Crippen molar-refractivity contribution >= 4 is 34.2 Å². The zero-order valence-electron chi connectivity index (χ0n) is 17.6. The van der Waals surface area contributed by atoms with Crippen LogP contribution in [-0.2, 0) is 29.0 Å². The minimum absolute atomic E-state index is 0.0568. The lowest BCUT2D eigenvalue weighted by Crippen LogP contribution is -2.37. The highest BCUT2D eigenvalue weighted by Crippen LogP contribution is 2.13. The highest BCUT2D eigenvalue weighted by molar-refractivity contribution is 6.30. The van der Waals surface area contributed by atoms with Crippen LogP contribution in [0.15, 0.2) is 83.7 Å². The number of halogens is 1. The van der Waals surface area contributed by atoms with Gasteiger partial charge in [0, 0.05) is 10.4 Å². The van der Waals surface area contributed by atoms with Gasteiger partial charge in [-0.2, -0.15) is 5.10 Å². The fraction of sp³-hybridized carbons (Fsp3) is 0.120. The van der Waals surface area contributed by atoms with Crippen LogP contribution < -0.4 is 16.3 Å². The number of fused-ring (bicyclic) bond motifs is 1. The summed E-state index contributed by atoms with van der Waals surface area (Å²) in [4.78, 5) is 38.7. The number of amides is 2. The van der Waals surface area contributed by atoms with E-state index in [1.54, 1.807) is 48.5 Å². The van der Waals surface area contributed by atoms with Gasteiger partial charge in [0.2, 0.25) is 11.8 Å². The maximum Gasteiger partial charge on any atom is 0.294 e. The summed E-state index contributed by atoms with van der Waals surface area (Å²) < 4.78 is 0. The average Bonchev–Trinajstić information content (AvgIpc) is 2.82. The van der Waals surface area contributed by atoms with Crippen molar-refractivity contribution in [2.75, 3.05) is 5.43 Å². The topological polar surface area (TPSA) is 93.1 Å². The number of carbonyl (C=O) groups excluding carboxylic acids is 2. The molecule has 0 aliphatic rings. The molecule has 0 aliphatic carbocycles. The number of benzene rings is 3. The first kappa shape index (κ1) is 22.2. The van der Waals surface area contributed by atoms with E-state index < -0.39 is 11.5 Å². The molecule has 7 nitrogen and oxygen atoms in total. The van der Waals surface area contributed by atoms with Crippen LogP contribution in [0.25, 0.3) is 10.8 Å². The Morgan fingerprint density at radius 3 is 2.12 bits per heavy atom. The van der Waals surface area contributed by atoms with E-state index in [1.807, 2.05) is 30.3 Å². The van der Waals surface area contributed by atoms with Gasteiger partial charge in [-0.25, -0.2) is 5.43 Å². The molecule has 166 valence electrons. The third-order valence-electron chi connectivity index (χ3n) is 5.05. The van der Waals surface area contributed by atoms with Crippen LogP contribution in [0.4, 0.5) is 0 Å². The lowest BCUT2D eigenvalue weighted by atomic mass is 10.1. The molecule has 0 radical (unpaired) electrons. The summed E-state index contributed by atoms with van der Waals surface area (Å²) in [5.41, 5.74) is 4.21. The first-order chi connectivity index (χ1) is 16.0. The zero-order valence-corrected chi connectivity index (χ0v) is 18.4. The molecule has 4 aromatic rings. The van der Waals surface area contributed by atoms with Crippen LogP contribution in [-0.4, -0.2) is 21.7 Å². The van der Waals surface area contributed by atoms with Crippen molar-refractivity contribution in [2.24, 2.45) is 0 Å². The number of hydrogen-bond acceptors (Lipinski definition) is 4. The fourth-order valence-corrected chi connectivity index (χ4v) is 3.56. The molecule has 0 atom stereocenters. The van der Waals surface area contributed by atoms with Crippen molar-refractivity contribution in [3.8, 4) is 0 Å². The van der Waals surface area contributed by atoms with Crippen LogP contribution in [0, 0.1) is 0 Å². The molecule has 0 fully saturated rings. The normalized spacial score (nSPS) is 10.7. The molecule has 3 aromatic carbocycles. The molecule has 2 amide bonds. The Balaban J connectivity index is 1.53. The molecule has 0 saturated heterocycles. The van der Waals surface area contributed by atoms with E-state index >= 15 is 0 Å². The zero-order chi connectivity index (χ0) is 23.2. The third-order valence-corrected chi connectivity index (χ3v) is 5.30. The molecule has 0 spiro atoms. The summed E-state index contributed by atoms with van der Waals surface area (Å²) >= 11 is 5.88. The molecule has 1 heterocycles. The Labute approximate surface area is 195 Å². The molecule has 0 saturated carbocycles. The second-order valence-corrected chi connectivity index (χ2v) is 7.92. The van der Waals surface area contributed by atoms with Gasteiger partial charge >= 0.3 is 0 Å². The molecule has 4 rings (SSSR count). The lowest BCUT2D eigenvalue weighted by molar-refractivity contribution is -0.120. The molecule has 0 bridgehead atoms. The molecule has 1 aromatic heterocycles. The van der Waals surface area contributed by atoms with Crippen molar-refractivity contribution in [1.82, 2.24) is 15.2 Å². The number of aromatic nitrogens is 2. The molecule has 0 aliphatic heterocycles. The van der Waals surface area contributed by atoms with Gasteiger partial charge in [0.1, 0.15) is 0 Å². The van der Waals surface area contributed by atoms with E-state index in [9.17, 15) is 14.4 Å². The Morgan fingerprint density at radius 1 is 0.788 bits per heavy atom. The summed E-state index contributed by atoms with van der Waals surface area (Å²) in [5, 5.41) is 8.74. The minimum atomic E-state index is -0.450. The predicted molar refractivity (Wildman–Crippen MR) is 128 cm³/mol. The predicted octanol–water partition coefficient (Wildman–Crippen LogP) is 3.22. The number of nitrogens with one attached hydrogen (secondary N) is 2. The van der Waals surface area contributed by atoms with Crippen molar-refractivity contribution in [2.45, 2.75) is 19.4 Å². The summed E-state index contributed by atoms with van der Waals surface area (Å²) in [6.45, 7) is 0.111. The molecule has 8 heteroatoms. The van der Waals surface area contributed by atoms with Gasteiger partial charge in [-0.3, -0.25) is 14.4 Å². The van der Waals surface area contributed by atoms with Gasteiger partial charge < -0.3 is 5.32 Å². The third kappa shape index (κ3) is 5.64. The van der Waals surface area contributed by atoms with Gasteiger partial charge in [0.15, 0.2) is 0 Å². The Morgan fingerprint density at radius 2 is 1.39 bits per heavy atom. The summed E-state index contributed by atoms with van der Waals surface area (Å²) in [5.74, 6) is -0.571. The molecule has 2 N–H and O–H groups in total. The summed E-state index contributed by atoms with van der Waals surface area (Å²) in [7, 11) is 0. The highest BCUT2D eigenvalue weighted by atomic mass is 35.5. The van der Waals surface area contributed by atoms with Gasteiger partial charge in [0.25, 0.3) is 5.56 Å². The first-order valence-corrected chi connectivity index (χ1v) is 10.7. The maximum atomic E-state index is 12.9. The van der Waals surface area contributed by atoms with Crippen LogP contribution in [0.2, 0.25) is 5.02 Å². The largest absolute Gasteiger partial charge is 0.350 e. The van der Waals surface area contributed by atoms with Crippen molar-refractivity contribution in [3.05, 3.63) is 111 Å². The standard InChI is InChI=1S/C25H21ClN4O3/c26-19-12-10-18(11-13-19)15-24(32)29-30-25(33)21-9-5-4-8-20(21)22(28-30)16-27-23(31)14-17-6-2-1-3-7-17/h1-13H,14-16H2,(H,27,31)(H,29,32). The van der Waals surface area contributed by atoms with Gasteiger partial charge in [-0.15, -0.1) is 4.79 Å². The van der Waals surface area contributed by atoms with Crippen molar-refractivity contribution in [1.29, 1.82) is 0 Å². The van der Waals surface area contributed by atoms with E-state index in [4.69, 9.17) is 11.6 Å². The van der Waals surface area contributed by atoms with Gasteiger partial charge in [0.05, 0.1) is 30.5 Å². The maximum absolute atomic E-state index is 12.9. The molecule has 33 heavy (non-hydrogen) atoms. The van der Waals surface area contributed by atoms with E-state index in [1.165, 1.54) is 0 Å². The SMILES string of the molecule is O=C(Cc1ccccc1)NCc1nn(NC(=O)Cc2ccc(Cl)cc2)c(=O)c2ccccc12. The quantitative estimate of drug-likeness (QED) is 0.443. The van der Waals surface area contributed by atoms with Crippen LogP contribution in [0.5, 0.6) is 0 Å². The first-order valence-electron chi connectivity index (χ1n) is 10.4. The smallest absolute Gasteiger partial charge is 0.294 e. The van der Waals surface area contributed by atoms with Crippen LogP contribution in [0.3, 0.4) is 0 Å². The average molecular weight is 461 g/mol. The lowest BCUT2D eigenvalue weighted by Gasteiger charge is -2.13. The number of rotatable bonds is 7. The van der Waals surface area contributed by atoms with Crippen LogP contribution >= 0.6 is 11.6 Å². The Hall–Kier alpha value is -3.97. The Bertz CT molecular complexity index is 1350. The molecule has 0 unspecified atom stereocenters. The van der Waals surface area contributed by atoms with Gasteiger partial charge in [-0.05, 0) is 29.3 Å². The van der Waals surface area contributed by atoms with E-state index in [0.29, 0.717) is 21.5 Å². The van der Waals surface area contributed by atoms with Crippen molar-refractivity contribution in [3.63, 3.8) is 0 Å². The van der Waals surface area contributed by atoms with Crippen LogP contribution in [0.1, 0.15) is 16.8 Å². The van der Waals surface area contributed by atoms with E-state index in [-0.39, 0.29) is 25.3 Å². The van der Waals surface area contributed by atoms with Gasteiger partial charge in [-0.1, -0.05) is 72.3 Å². The molecular weight excluding hydrogens is 440 g/mol. The number of carbonyl (C=O) groups is 2. The monoisotopic (exact) mass is 460 g/mol. The summed E-state index contributed by atoms with van der Waals surface area (Å²) in [6, 6.07) is 23.2. The minimum Gasteiger partial charge on any atom is -0.350 e. The second-order valence-electron chi connectivity index (χ2n) is 7.49. The fourth-order valence-electron chi connectivity index (χ4n) is 3.43. The van der Waals surface area contributed by atoms with E-state index in [0.717, 1.165) is 15.9 Å². The number of hydrogen-bond donors (Lipinski definition) is 2. The summed E-state index contributed by atoms with van der Waals surface area (Å²) in [6.07, 6.45) is 0.289. The van der Waals surface area contributed by atoms with E-state index in [2.05, 4.69) is 15.8 Å². The highest BCUT2D eigenvalue weighted by Gasteiger charge is 2.14. The molecular formula is C25H21ClN4O3.